The topological polar surface area (TPSA) is 63.2 Å². The molecule has 0 saturated heterocycles. The number of hydrogen-bond acceptors (Lipinski definition) is 6. The van der Waals surface area contributed by atoms with Crippen LogP contribution in [0.5, 0.6) is 0 Å². The van der Waals surface area contributed by atoms with Crippen LogP contribution >= 0.6 is 0 Å². The van der Waals surface area contributed by atoms with E-state index >= 15 is 0 Å². The average molecular weight is 741 g/mol. The molecule has 0 amide bonds. The van der Waals surface area contributed by atoms with Gasteiger partial charge in [0, 0.05) is 20.3 Å². The lowest BCUT2D eigenvalue weighted by molar-refractivity contribution is -0.155. The Hall–Kier alpha value is -0.690. The Kier molecular flexibility index (Phi) is 45.8. The van der Waals surface area contributed by atoms with Crippen molar-refractivity contribution >= 4 is 5.97 Å². The summed E-state index contributed by atoms with van der Waals surface area (Å²) in [5.74, 6) is -0.365. The van der Waals surface area contributed by atoms with Crippen molar-refractivity contribution in [2.45, 2.75) is 238 Å². The van der Waals surface area contributed by atoms with Gasteiger partial charge in [-0.15, -0.1) is 0 Å². The minimum Gasteiger partial charge on any atom is -0.461 e. The first-order valence-electron chi connectivity index (χ1n) is 23.2. The Morgan fingerprint density at radius 1 is 0.385 bits per heavy atom. The summed E-state index contributed by atoms with van der Waals surface area (Å²) in [7, 11) is 1.62. The summed E-state index contributed by atoms with van der Waals surface area (Å²) in [5.41, 5.74) is 0. The molecule has 6 nitrogen and oxygen atoms in total. The summed E-state index contributed by atoms with van der Waals surface area (Å²) in [4.78, 5) is 12.1. The van der Waals surface area contributed by atoms with E-state index in [1.165, 1.54) is 205 Å². The second-order valence-electron chi connectivity index (χ2n) is 15.6. The largest absolute Gasteiger partial charge is 0.461 e. The average Bonchev–Trinajstić information content (AvgIpc) is 3.15. The number of esters is 1. The molecule has 0 N–H and O–H groups in total. The lowest BCUT2D eigenvalue weighted by Crippen LogP contribution is -2.29. The van der Waals surface area contributed by atoms with Gasteiger partial charge in [0.25, 0.3) is 0 Å². The second kappa shape index (κ2) is 46.5. The van der Waals surface area contributed by atoms with E-state index in [2.05, 4.69) is 13.8 Å². The van der Waals surface area contributed by atoms with Crippen LogP contribution in [0.2, 0.25) is 0 Å². The highest BCUT2D eigenvalue weighted by atomic mass is 16.6. The van der Waals surface area contributed by atoms with E-state index in [1.54, 1.807) is 7.11 Å². The van der Waals surface area contributed by atoms with Crippen LogP contribution < -0.4 is 0 Å². The maximum atomic E-state index is 12.1. The molecule has 1 atom stereocenters. The van der Waals surface area contributed by atoms with E-state index in [4.69, 9.17) is 23.7 Å². The predicted octanol–water partition coefficient (Wildman–Crippen LogP) is 13.9. The third kappa shape index (κ3) is 43.7. The molecule has 0 saturated carbocycles. The smallest absolute Gasteiger partial charge is 0.332 e. The monoisotopic (exact) mass is 741 g/mol. The van der Waals surface area contributed by atoms with Crippen molar-refractivity contribution in [3.05, 3.63) is 0 Å². The lowest BCUT2D eigenvalue weighted by atomic mass is 10.0. The second-order valence-corrected chi connectivity index (χ2v) is 15.6. The van der Waals surface area contributed by atoms with Gasteiger partial charge in [-0.25, -0.2) is 4.79 Å². The first kappa shape index (κ1) is 51.3. The van der Waals surface area contributed by atoms with Crippen LogP contribution in [0.3, 0.4) is 0 Å². The molecule has 0 rings (SSSR count). The SMILES string of the molecule is CCCCCCCCCCCCCCCCCCCCO[C@H](COCCCCCCCCCCCCCCCCCC)COC(=O)COCCOC. The number of ether oxygens (including phenoxy) is 5. The molecule has 6 heteroatoms. The number of carbonyl (C=O) groups is 1. The minimum absolute atomic E-state index is 0.0601. The van der Waals surface area contributed by atoms with Crippen LogP contribution in [0.1, 0.15) is 232 Å². The fourth-order valence-corrected chi connectivity index (χ4v) is 6.89. The van der Waals surface area contributed by atoms with E-state index < -0.39 is 0 Å². The molecule has 0 radical (unpaired) electrons. The van der Waals surface area contributed by atoms with Crippen molar-refractivity contribution in [2.75, 3.05) is 53.4 Å². The van der Waals surface area contributed by atoms with Gasteiger partial charge in [0.05, 0.1) is 19.8 Å². The van der Waals surface area contributed by atoms with Crippen LogP contribution in [0, 0.1) is 0 Å². The summed E-state index contributed by atoms with van der Waals surface area (Å²) in [6, 6.07) is 0. The van der Waals surface area contributed by atoms with Gasteiger partial charge in [-0.05, 0) is 12.8 Å². The van der Waals surface area contributed by atoms with Crippen molar-refractivity contribution in [1.29, 1.82) is 0 Å². The normalized spacial score (nSPS) is 12.1. The van der Waals surface area contributed by atoms with Crippen LogP contribution in [0.4, 0.5) is 0 Å². The number of rotatable bonds is 46. The van der Waals surface area contributed by atoms with E-state index in [9.17, 15) is 4.79 Å². The van der Waals surface area contributed by atoms with Gasteiger partial charge >= 0.3 is 5.97 Å². The number of methoxy groups -OCH3 is 1. The molecule has 0 heterocycles. The fourth-order valence-electron chi connectivity index (χ4n) is 6.89. The summed E-state index contributed by atoms with van der Waals surface area (Å²) in [6.45, 7) is 7.48. The van der Waals surface area contributed by atoms with Gasteiger partial charge in [0.15, 0.2) is 0 Å². The van der Waals surface area contributed by atoms with Gasteiger partial charge in [0.1, 0.15) is 19.3 Å². The molecule has 0 aromatic carbocycles. The van der Waals surface area contributed by atoms with Crippen molar-refractivity contribution in [1.82, 2.24) is 0 Å². The van der Waals surface area contributed by atoms with E-state index in [0.717, 1.165) is 19.4 Å². The molecule has 0 spiro atoms. The maximum absolute atomic E-state index is 12.1. The predicted molar refractivity (Wildman–Crippen MR) is 223 cm³/mol. The Morgan fingerprint density at radius 3 is 1.10 bits per heavy atom. The molecule has 312 valence electrons. The Morgan fingerprint density at radius 2 is 0.731 bits per heavy atom. The summed E-state index contributed by atoms with van der Waals surface area (Å²) >= 11 is 0. The standard InChI is InChI=1S/C46H92O6/c1-4-6-8-10-12-14-16-18-20-22-23-25-27-29-31-33-35-37-39-51-45(43-52-46(47)44-50-41-40-48-3)42-49-38-36-34-32-30-28-26-24-21-19-17-15-13-11-9-7-5-2/h45H,4-44H2,1-3H3/t45-/m1/s1. The van der Waals surface area contributed by atoms with Gasteiger partial charge in [-0.1, -0.05) is 219 Å². The third-order valence-electron chi connectivity index (χ3n) is 10.4. The van der Waals surface area contributed by atoms with E-state index in [1.807, 2.05) is 0 Å². The molecule has 0 fully saturated rings. The van der Waals surface area contributed by atoms with E-state index in [0.29, 0.717) is 26.4 Å². The van der Waals surface area contributed by atoms with Gasteiger partial charge in [-0.2, -0.15) is 0 Å². The molecule has 52 heavy (non-hydrogen) atoms. The van der Waals surface area contributed by atoms with Gasteiger partial charge < -0.3 is 23.7 Å². The number of unbranched alkanes of at least 4 members (excludes halogenated alkanes) is 32. The molecule has 0 unspecified atom stereocenters. The molecule has 0 aromatic rings. The summed E-state index contributed by atoms with van der Waals surface area (Å²) < 4.78 is 27.8. The highest BCUT2D eigenvalue weighted by Crippen LogP contribution is 2.16. The molecule has 0 aromatic heterocycles. The first-order valence-corrected chi connectivity index (χ1v) is 23.2. The number of hydrogen-bond donors (Lipinski definition) is 0. The summed E-state index contributed by atoms with van der Waals surface area (Å²) in [6.07, 6.45) is 46.3. The molecule has 0 bridgehead atoms. The quantitative estimate of drug-likeness (QED) is 0.0457. The minimum atomic E-state index is -0.365. The highest BCUT2D eigenvalue weighted by Gasteiger charge is 2.13. The zero-order valence-corrected chi connectivity index (χ0v) is 35.5. The Bertz CT molecular complexity index is 659. The van der Waals surface area contributed by atoms with Crippen LogP contribution in [0.15, 0.2) is 0 Å². The van der Waals surface area contributed by atoms with Gasteiger partial charge in [-0.3, -0.25) is 0 Å². The lowest BCUT2D eigenvalue weighted by Gasteiger charge is -2.18. The van der Waals surface area contributed by atoms with Crippen molar-refractivity contribution in [2.24, 2.45) is 0 Å². The van der Waals surface area contributed by atoms with Crippen LogP contribution in [-0.4, -0.2) is 65.4 Å². The Balaban J connectivity index is 3.83. The highest BCUT2D eigenvalue weighted by molar-refractivity contribution is 5.70. The van der Waals surface area contributed by atoms with Crippen molar-refractivity contribution < 1.29 is 28.5 Å². The van der Waals surface area contributed by atoms with Crippen LogP contribution in [-0.2, 0) is 28.5 Å². The van der Waals surface area contributed by atoms with E-state index in [-0.39, 0.29) is 25.3 Å². The zero-order chi connectivity index (χ0) is 37.7. The van der Waals surface area contributed by atoms with Gasteiger partial charge in [0.2, 0.25) is 0 Å². The third-order valence-corrected chi connectivity index (χ3v) is 10.4. The van der Waals surface area contributed by atoms with Crippen molar-refractivity contribution in [3.63, 3.8) is 0 Å². The zero-order valence-electron chi connectivity index (χ0n) is 35.5. The molecule has 0 aliphatic carbocycles. The Labute approximate surface area is 325 Å². The molecular weight excluding hydrogens is 649 g/mol. The molecular formula is C46H92O6. The van der Waals surface area contributed by atoms with Crippen molar-refractivity contribution in [3.8, 4) is 0 Å². The maximum Gasteiger partial charge on any atom is 0.332 e. The fraction of sp³-hybridized carbons (Fsp3) is 0.978. The summed E-state index contributed by atoms with van der Waals surface area (Å²) in [5, 5.41) is 0. The molecule has 0 aliphatic heterocycles. The number of carbonyl (C=O) groups excluding carboxylic acids is 1. The first-order chi connectivity index (χ1) is 25.7. The van der Waals surface area contributed by atoms with Crippen LogP contribution in [0.25, 0.3) is 0 Å². The molecule has 0 aliphatic rings.